The summed E-state index contributed by atoms with van der Waals surface area (Å²) in [5.41, 5.74) is 1.53. The molecule has 66 valence electrons. The fraction of sp³-hybridized carbons (Fsp3) is 0.375. The van der Waals surface area contributed by atoms with E-state index in [0.29, 0.717) is 0 Å². The summed E-state index contributed by atoms with van der Waals surface area (Å²) in [6, 6.07) is 0. The molecule has 0 saturated carbocycles. The Morgan fingerprint density at radius 3 is 2.25 bits per heavy atom. The number of hydrogen-bond donors (Lipinski definition) is 0. The van der Waals surface area contributed by atoms with Crippen LogP contribution in [0.3, 0.4) is 0 Å². The first-order valence-corrected chi connectivity index (χ1v) is 10.4. The van der Waals surface area contributed by atoms with Gasteiger partial charge in [-0.25, -0.2) is 0 Å². The van der Waals surface area contributed by atoms with Crippen molar-refractivity contribution in [1.82, 2.24) is 0 Å². The Kier molecular flexibility index (Phi) is 2.22. The molecule has 0 unspecified atom stereocenters. The van der Waals surface area contributed by atoms with Crippen LogP contribution in [0, 0.1) is 0 Å². The molecule has 1 atom stereocenters. The zero-order chi connectivity index (χ0) is 9.41. The summed E-state index contributed by atoms with van der Waals surface area (Å²) in [6.07, 6.45) is 4.67. The number of carbonyl (C=O) groups excluding carboxylic acids is 1. The van der Waals surface area contributed by atoms with Crippen LogP contribution >= 0.6 is 0 Å². The molecule has 0 spiro atoms. The first kappa shape index (κ1) is 9.60. The fourth-order valence-corrected chi connectivity index (χ4v) is 7.53. The number of allylic oxidation sites excluding steroid dienone is 3. The fourth-order valence-electron chi connectivity index (χ4n) is 1.15. The van der Waals surface area contributed by atoms with E-state index in [1.165, 1.54) is 11.8 Å². The maximum absolute atomic E-state index is 14.2. The predicted octanol–water partition coefficient (Wildman–Crippen LogP) is 2.09. The molecule has 1 rings (SSSR count). The molecule has 0 radical (unpaired) electrons. The average molecular weight is 200 g/mol. The molecule has 1 aliphatic rings. The number of rotatable bonds is 1. The zero-order valence-corrected chi connectivity index (χ0v) is 9.60. The summed E-state index contributed by atoms with van der Waals surface area (Å²) in [5, 5.41) is -0.260. The second-order valence-electron chi connectivity index (χ2n) is 4.04. The summed E-state index contributed by atoms with van der Waals surface area (Å²) in [7, 11) is -5.17. The van der Waals surface area contributed by atoms with Crippen LogP contribution in [0.5, 0.6) is 0 Å². The molecule has 4 heteroatoms. The van der Waals surface area contributed by atoms with E-state index >= 15 is 0 Å². The molecule has 0 bridgehead atoms. The summed E-state index contributed by atoms with van der Waals surface area (Å²) >= 11 is 0. The predicted molar refractivity (Wildman–Crippen MR) is 53.5 cm³/mol. The molecule has 0 fully saturated rings. The van der Waals surface area contributed by atoms with E-state index in [4.69, 9.17) is 0 Å². The molecule has 1 aliphatic heterocycles. The molecule has 1 nitrogen and oxygen atoms in total. The van der Waals surface area contributed by atoms with Gasteiger partial charge in [0.25, 0.3) is 0 Å². The first-order valence-electron chi connectivity index (χ1n) is 3.97. The van der Waals surface area contributed by atoms with Crippen molar-refractivity contribution in [2.24, 2.45) is 0 Å². The van der Waals surface area contributed by atoms with Crippen LogP contribution in [-0.4, -0.2) is 20.9 Å². The maximum atomic E-state index is 14.2. The second kappa shape index (κ2) is 2.78. The third-order valence-corrected chi connectivity index (χ3v) is 13.6. The average Bonchev–Trinajstić information content (AvgIpc) is 1.93. The Balaban J connectivity index is 3.07. The van der Waals surface area contributed by atoms with Crippen molar-refractivity contribution in [3.63, 3.8) is 0 Å². The number of carbonyl (C=O) groups is 1. The van der Waals surface area contributed by atoms with E-state index < -0.39 is 15.5 Å². The largest absolute Gasteiger partial charge is 0.328 e. The molecule has 0 aliphatic carbocycles. The van der Waals surface area contributed by atoms with Gasteiger partial charge in [-0.15, -0.1) is 0 Å². The van der Waals surface area contributed by atoms with Crippen molar-refractivity contribution in [1.29, 1.82) is 0 Å². The Morgan fingerprint density at radius 2 is 1.92 bits per heavy atom. The first-order chi connectivity index (χ1) is 5.38. The van der Waals surface area contributed by atoms with Crippen molar-refractivity contribution < 1.29 is 8.90 Å². The maximum Gasteiger partial charge on any atom is 0.328 e. The van der Waals surface area contributed by atoms with Crippen LogP contribution in [0.1, 0.15) is 0 Å². The van der Waals surface area contributed by atoms with Crippen molar-refractivity contribution >= 4 is 20.9 Å². The van der Waals surface area contributed by atoms with Crippen molar-refractivity contribution in [3.8, 4) is 0 Å². The monoisotopic (exact) mass is 200 g/mol. The minimum absolute atomic E-state index is 0.260. The summed E-state index contributed by atoms with van der Waals surface area (Å²) < 4.78 is 14.2. The van der Waals surface area contributed by atoms with Gasteiger partial charge in [0, 0.05) is 0 Å². The summed E-state index contributed by atoms with van der Waals surface area (Å²) in [4.78, 5) is 11.3. The van der Waals surface area contributed by atoms with Crippen molar-refractivity contribution in [2.45, 2.75) is 19.6 Å². The Bertz CT molecular complexity index is 265. The van der Waals surface area contributed by atoms with E-state index in [0.717, 1.165) is 0 Å². The van der Waals surface area contributed by atoms with Crippen LogP contribution in [0.4, 0.5) is 4.11 Å². The SMILES string of the molecule is C[Si](C)(C)[Si@]1(F)C=CC=CC1=O. The molecule has 0 amide bonds. The lowest BCUT2D eigenvalue weighted by Gasteiger charge is -2.29. The molecular weight excluding hydrogens is 187 g/mol. The Hall–Kier alpha value is -0.486. The summed E-state index contributed by atoms with van der Waals surface area (Å²) in [5.74, 6) is 0. The normalized spacial score (nSPS) is 29.5. The lowest BCUT2D eigenvalue weighted by atomic mass is 10.5. The van der Waals surface area contributed by atoms with Gasteiger partial charge < -0.3 is 4.11 Å². The van der Waals surface area contributed by atoms with E-state index in [1.54, 1.807) is 12.2 Å². The number of hydrogen-bond acceptors (Lipinski definition) is 1. The van der Waals surface area contributed by atoms with Gasteiger partial charge >= 0.3 is 7.93 Å². The molecule has 12 heavy (non-hydrogen) atoms. The van der Waals surface area contributed by atoms with Gasteiger partial charge in [0.15, 0.2) is 5.41 Å². The van der Waals surface area contributed by atoms with Gasteiger partial charge in [-0.05, 0) is 6.08 Å². The quantitative estimate of drug-likeness (QED) is 0.468. The van der Waals surface area contributed by atoms with Crippen LogP contribution in [-0.2, 0) is 4.79 Å². The van der Waals surface area contributed by atoms with Gasteiger partial charge in [-0.3, -0.25) is 4.79 Å². The van der Waals surface area contributed by atoms with Crippen LogP contribution in [0.25, 0.3) is 0 Å². The highest BCUT2D eigenvalue weighted by Crippen LogP contribution is 2.25. The van der Waals surface area contributed by atoms with E-state index in [-0.39, 0.29) is 5.41 Å². The van der Waals surface area contributed by atoms with Crippen molar-refractivity contribution in [3.05, 3.63) is 23.9 Å². The van der Waals surface area contributed by atoms with Crippen molar-refractivity contribution in [2.75, 3.05) is 0 Å². The zero-order valence-electron chi connectivity index (χ0n) is 7.60. The summed E-state index contributed by atoms with van der Waals surface area (Å²) in [6.45, 7) is 5.75. The van der Waals surface area contributed by atoms with Crippen LogP contribution in [0.15, 0.2) is 23.9 Å². The minimum Gasteiger partial charge on any atom is -0.303 e. The van der Waals surface area contributed by atoms with Gasteiger partial charge in [-0.1, -0.05) is 37.5 Å². The van der Waals surface area contributed by atoms with E-state index in [9.17, 15) is 8.90 Å². The molecule has 0 aromatic carbocycles. The molecular formula is C8H13FOSi2. The number of halogens is 1. The highest BCUT2D eigenvalue weighted by molar-refractivity contribution is 7.51. The standard InChI is InChI=1S/C8H13FOSi2/c1-11(2,3)12(9)7-5-4-6-8(12)10/h4-7H,1-3H3/t12-/m1/s1. The highest BCUT2D eigenvalue weighted by Gasteiger charge is 2.51. The third-order valence-electron chi connectivity index (χ3n) is 2.13. The lowest BCUT2D eigenvalue weighted by Crippen LogP contribution is -2.59. The van der Waals surface area contributed by atoms with Gasteiger partial charge in [0.05, 0.1) is 7.59 Å². The van der Waals surface area contributed by atoms with Crippen LogP contribution in [0.2, 0.25) is 19.6 Å². The molecule has 0 saturated heterocycles. The van der Waals surface area contributed by atoms with E-state index in [2.05, 4.69) is 0 Å². The highest BCUT2D eigenvalue weighted by atomic mass is 29.3. The minimum atomic E-state index is -3.21. The smallest absolute Gasteiger partial charge is 0.303 e. The van der Waals surface area contributed by atoms with Gasteiger partial charge in [-0.2, -0.15) is 0 Å². The lowest BCUT2D eigenvalue weighted by molar-refractivity contribution is -0.108. The third kappa shape index (κ3) is 1.36. The van der Waals surface area contributed by atoms with Gasteiger partial charge in [0.2, 0.25) is 0 Å². The Labute approximate surface area is 74.0 Å². The molecule has 0 aromatic heterocycles. The Morgan fingerprint density at radius 1 is 1.33 bits per heavy atom. The second-order valence-corrected chi connectivity index (χ2v) is 17.5. The van der Waals surface area contributed by atoms with E-state index in [1.807, 2.05) is 19.6 Å². The van der Waals surface area contributed by atoms with Gasteiger partial charge in [0.1, 0.15) is 0 Å². The molecule has 1 heterocycles. The van der Waals surface area contributed by atoms with Crippen LogP contribution < -0.4 is 0 Å². The topological polar surface area (TPSA) is 17.1 Å². The molecule has 0 aromatic rings. The molecule has 0 N–H and O–H groups in total.